The van der Waals surface area contributed by atoms with Crippen LogP contribution in [0.3, 0.4) is 0 Å². The lowest BCUT2D eigenvalue weighted by Crippen LogP contribution is -2.35. The molecule has 2 N–H and O–H groups in total. The minimum absolute atomic E-state index is 0.0666. The molecule has 2 aromatic rings. The second-order valence-electron chi connectivity index (χ2n) is 6.81. The van der Waals surface area contributed by atoms with Gasteiger partial charge in [0.1, 0.15) is 12.4 Å². The van der Waals surface area contributed by atoms with Gasteiger partial charge in [-0.25, -0.2) is 8.78 Å². The number of amides is 1. The average molecular weight is 428 g/mol. The molecule has 160 valence electrons. The highest BCUT2D eigenvalue weighted by atomic mass is 19.4. The van der Waals surface area contributed by atoms with Gasteiger partial charge in [-0.05, 0) is 37.0 Å². The van der Waals surface area contributed by atoms with Crippen molar-refractivity contribution in [2.24, 2.45) is 11.1 Å². The number of nitrogens with zero attached hydrogens (tertiary/aromatic N) is 1. The number of rotatable bonds is 6. The van der Waals surface area contributed by atoms with Crippen LogP contribution in [0.4, 0.5) is 22.0 Å². The van der Waals surface area contributed by atoms with Gasteiger partial charge >= 0.3 is 6.18 Å². The maximum atomic E-state index is 14.4. The minimum atomic E-state index is -5.04. The number of alkyl halides is 3. The molecule has 1 aliphatic rings. The first-order chi connectivity index (χ1) is 14.2. The van der Waals surface area contributed by atoms with Gasteiger partial charge in [0.15, 0.2) is 17.5 Å². The zero-order chi connectivity index (χ0) is 21.9. The van der Waals surface area contributed by atoms with Crippen molar-refractivity contribution in [3.63, 3.8) is 0 Å². The molecular weight excluding hydrogens is 411 g/mol. The van der Waals surface area contributed by atoms with Crippen molar-refractivity contribution in [2.75, 3.05) is 6.61 Å². The van der Waals surface area contributed by atoms with Crippen molar-refractivity contribution >= 4 is 11.7 Å². The van der Waals surface area contributed by atoms with E-state index in [0.717, 1.165) is 12.8 Å². The van der Waals surface area contributed by atoms with Crippen LogP contribution in [-0.2, 0) is 22.2 Å². The molecule has 0 unspecified atom stereocenters. The van der Waals surface area contributed by atoms with Crippen LogP contribution >= 0.6 is 0 Å². The molecule has 0 aliphatic heterocycles. The Morgan fingerprint density at radius 1 is 1.17 bits per heavy atom. The zero-order valence-corrected chi connectivity index (χ0v) is 15.5. The molecule has 0 atom stereocenters. The third kappa shape index (κ3) is 5.25. The Morgan fingerprint density at radius 2 is 1.87 bits per heavy atom. The highest BCUT2D eigenvalue weighted by molar-refractivity contribution is 6.09. The summed E-state index contributed by atoms with van der Waals surface area (Å²) in [5, 5.41) is 15.3. The number of hydrogen-bond acceptors (Lipinski definition) is 4. The largest absolute Gasteiger partial charge is 0.508 e. The molecule has 0 spiro atoms. The summed E-state index contributed by atoms with van der Waals surface area (Å²) in [4.78, 5) is 17.3. The molecule has 1 amide bonds. The number of hydrogen-bond donors (Lipinski definition) is 2. The fourth-order valence-corrected chi connectivity index (χ4v) is 2.65. The maximum absolute atomic E-state index is 14.4. The van der Waals surface area contributed by atoms with Crippen LogP contribution in [0.5, 0.6) is 5.75 Å². The molecular formula is C20H17F5N2O3. The summed E-state index contributed by atoms with van der Waals surface area (Å²) < 4.78 is 68.3. The number of carbonyl (C=O) groups is 1. The van der Waals surface area contributed by atoms with Crippen LogP contribution in [0.25, 0.3) is 0 Å². The zero-order valence-electron chi connectivity index (χ0n) is 15.5. The molecule has 30 heavy (non-hydrogen) atoms. The first-order valence-corrected chi connectivity index (χ1v) is 8.99. The Morgan fingerprint density at radius 3 is 2.50 bits per heavy atom. The Kier molecular flexibility index (Phi) is 6.23. The number of benzene rings is 2. The lowest BCUT2D eigenvalue weighted by Gasteiger charge is -2.16. The summed E-state index contributed by atoms with van der Waals surface area (Å²) in [6.45, 7) is 0.0666. The molecule has 0 heterocycles. The number of nitrogens with one attached hydrogen (secondary N) is 1. The highest BCUT2D eigenvalue weighted by Crippen LogP contribution is 2.34. The minimum Gasteiger partial charge on any atom is -0.508 e. The third-order valence-electron chi connectivity index (χ3n) is 4.40. The predicted molar refractivity (Wildman–Crippen MR) is 96.5 cm³/mol. The quantitative estimate of drug-likeness (QED) is 0.315. The van der Waals surface area contributed by atoms with Crippen LogP contribution in [0, 0.1) is 17.6 Å². The van der Waals surface area contributed by atoms with Crippen molar-refractivity contribution in [2.45, 2.75) is 25.4 Å². The smallest absolute Gasteiger partial charge is 0.417 e. The molecule has 0 aromatic heterocycles. The topological polar surface area (TPSA) is 70.9 Å². The summed E-state index contributed by atoms with van der Waals surface area (Å²) in [7, 11) is 0. The van der Waals surface area contributed by atoms with Crippen LogP contribution in [-0.4, -0.2) is 23.5 Å². The fraction of sp³-hybridized carbons (Fsp3) is 0.300. The van der Waals surface area contributed by atoms with E-state index in [0.29, 0.717) is 12.1 Å². The van der Waals surface area contributed by atoms with Gasteiger partial charge in [-0.15, -0.1) is 0 Å². The summed E-state index contributed by atoms with van der Waals surface area (Å²) in [5.41, 5.74) is -2.59. The van der Waals surface area contributed by atoms with E-state index >= 15 is 0 Å². The van der Waals surface area contributed by atoms with E-state index in [1.807, 2.05) is 0 Å². The van der Waals surface area contributed by atoms with Crippen molar-refractivity contribution < 1.29 is 36.7 Å². The average Bonchev–Trinajstić information content (AvgIpc) is 3.48. The molecule has 10 heteroatoms. The molecule has 1 fully saturated rings. The van der Waals surface area contributed by atoms with Gasteiger partial charge in [-0.3, -0.25) is 4.79 Å². The number of halogens is 5. The summed E-state index contributed by atoms with van der Waals surface area (Å²) >= 11 is 0. The maximum Gasteiger partial charge on any atom is 0.417 e. The standard InChI is InChI=1S/C20H17F5N2O3/c21-14-8-7-13(20(23,24)25)17(18(14)22)19(27-30-10-11-5-6-11)26-16(29)9-12-3-1-2-4-15(12)28/h1-4,7-8,11,28H,5-6,9-10H2,(H,26,27,29). The van der Waals surface area contributed by atoms with Crippen LogP contribution < -0.4 is 5.32 Å². The molecule has 5 nitrogen and oxygen atoms in total. The number of oxime groups is 1. The first kappa shape index (κ1) is 21.5. The van der Waals surface area contributed by atoms with Crippen molar-refractivity contribution in [3.05, 3.63) is 64.7 Å². The molecule has 3 rings (SSSR count). The predicted octanol–water partition coefficient (Wildman–Crippen LogP) is 4.14. The van der Waals surface area contributed by atoms with E-state index in [-0.39, 0.29) is 23.8 Å². The van der Waals surface area contributed by atoms with Gasteiger partial charge in [0.25, 0.3) is 0 Å². The number of para-hydroxylation sites is 1. The van der Waals surface area contributed by atoms with E-state index in [1.165, 1.54) is 18.2 Å². The molecule has 1 saturated carbocycles. The number of carbonyl (C=O) groups excluding carboxylic acids is 1. The number of phenolic OH excluding ortho intramolecular Hbond substituents is 1. The number of aromatic hydroxyl groups is 1. The van der Waals surface area contributed by atoms with Gasteiger partial charge < -0.3 is 15.3 Å². The van der Waals surface area contributed by atoms with Gasteiger partial charge in [0.2, 0.25) is 5.91 Å². The van der Waals surface area contributed by atoms with Crippen LogP contribution in [0.2, 0.25) is 0 Å². The highest BCUT2D eigenvalue weighted by Gasteiger charge is 2.38. The van der Waals surface area contributed by atoms with E-state index in [9.17, 15) is 31.9 Å². The molecule has 1 aliphatic carbocycles. The lowest BCUT2D eigenvalue weighted by atomic mass is 10.0. The molecule has 0 bridgehead atoms. The van der Waals surface area contributed by atoms with Gasteiger partial charge in [-0.1, -0.05) is 23.4 Å². The van der Waals surface area contributed by atoms with E-state index in [4.69, 9.17) is 4.84 Å². The monoisotopic (exact) mass is 428 g/mol. The number of amidine groups is 1. The Labute approximate surface area is 168 Å². The second-order valence-corrected chi connectivity index (χ2v) is 6.81. The third-order valence-corrected chi connectivity index (χ3v) is 4.40. The lowest BCUT2D eigenvalue weighted by molar-refractivity contribution is -0.138. The summed E-state index contributed by atoms with van der Waals surface area (Å²) in [6.07, 6.45) is -3.77. The Hall–Kier alpha value is -3.17. The van der Waals surface area contributed by atoms with Gasteiger partial charge in [0.05, 0.1) is 17.5 Å². The van der Waals surface area contributed by atoms with Crippen LogP contribution in [0.1, 0.15) is 29.5 Å². The Bertz CT molecular complexity index is 971. The SMILES string of the molecule is O=C(Cc1ccccc1O)N/C(=N\OCC1CC1)c1c(C(F)(F)F)ccc(F)c1F. The van der Waals surface area contributed by atoms with Crippen LogP contribution in [0.15, 0.2) is 41.6 Å². The van der Waals surface area contributed by atoms with Crippen molar-refractivity contribution in [1.82, 2.24) is 5.32 Å². The number of phenols is 1. The summed E-state index contributed by atoms with van der Waals surface area (Å²) in [6, 6.07) is 6.52. The van der Waals surface area contributed by atoms with Gasteiger partial charge in [0, 0.05) is 5.56 Å². The van der Waals surface area contributed by atoms with Crippen molar-refractivity contribution in [1.29, 1.82) is 0 Å². The first-order valence-electron chi connectivity index (χ1n) is 8.99. The molecule has 0 saturated heterocycles. The van der Waals surface area contributed by atoms with Crippen molar-refractivity contribution in [3.8, 4) is 5.75 Å². The van der Waals surface area contributed by atoms with E-state index < -0.39 is 47.1 Å². The second kappa shape index (κ2) is 8.68. The summed E-state index contributed by atoms with van der Waals surface area (Å²) in [5.74, 6) is -5.19. The molecule has 0 radical (unpaired) electrons. The van der Waals surface area contributed by atoms with E-state index in [1.54, 1.807) is 6.07 Å². The Balaban J connectivity index is 1.94. The fourth-order valence-electron chi connectivity index (χ4n) is 2.65. The van der Waals surface area contributed by atoms with E-state index in [2.05, 4.69) is 10.5 Å². The molecule has 2 aromatic carbocycles. The van der Waals surface area contributed by atoms with Gasteiger partial charge in [-0.2, -0.15) is 13.2 Å². The normalized spacial score (nSPS) is 14.5.